The van der Waals surface area contributed by atoms with Crippen LogP contribution in [0.4, 0.5) is 4.79 Å². The Hall–Kier alpha value is -2.48. The van der Waals surface area contributed by atoms with Gasteiger partial charge < -0.3 is 44.4 Å². The number of amides is 1. The van der Waals surface area contributed by atoms with Crippen molar-refractivity contribution in [2.45, 2.75) is 128 Å². The number of esters is 1. The maximum Gasteiger partial charge on any atom is 0.410 e. The van der Waals surface area contributed by atoms with Crippen LogP contribution in [0.2, 0.25) is 0 Å². The summed E-state index contributed by atoms with van der Waals surface area (Å²) in [6.07, 6.45) is 3.47. The van der Waals surface area contributed by atoms with Gasteiger partial charge in [0.2, 0.25) is 0 Å². The molecule has 0 aliphatic carbocycles. The summed E-state index contributed by atoms with van der Waals surface area (Å²) < 4.78 is 17.5. The van der Waals surface area contributed by atoms with Crippen LogP contribution in [-0.4, -0.2) is 142 Å². The number of aliphatic hydroxyl groups is 4. The molecule has 12 nitrogen and oxygen atoms in total. The molecule has 4 N–H and O–H groups in total. The SMILES string of the molecule is CCC(O)C(C)=C1OC1CC(C)(O)CCC=C(C)C1OC(=O)CC(O)CCC(C)(O)C(OC(=O)N2CCN(CCN(C)C)CC2)C=CC1C. The zero-order valence-corrected chi connectivity index (χ0v) is 31.1. The van der Waals surface area contributed by atoms with E-state index in [0.29, 0.717) is 38.8 Å². The van der Waals surface area contributed by atoms with E-state index >= 15 is 0 Å². The Morgan fingerprint density at radius 2 is 1.88 bits per heavy atom. The summed E-state index contributed by atoms with van der Waals surface area (Å²) in [6.45, 7) is 15.3. The molecule has 1 amide bonds. The third kappa shape index (κ3) is 13.0. The highest BCUT2D eigenvalue weighted by Crippen LogP contribution is 2.39. The number of piperazine rings is 1. The van der Waals surface area contributed by atoms with Crippen LogP contribution in [0, 0.1) is 5.92 Å². The summed E-state index contributed by atoms with van der Waals surface area (Å²) in [5.41, 5.74) is -0.905. The Morgan fingerprint density at radius 1 is 1.20 bits per heavy atom. The molecule has 49 heavy (non-hydrogen) atoms. The second-order valence-electron chi connectivity index (χ2n) is 15.1. The summed E-state index contributed by atoms with van der Waals surface area (Å²) in [6, 6.07) is 0. The second-order valence-corrected chi connectivity index (χ2v) is 15.1. The first-order chi connectivity index (χ1) is 22.9. The molecular formula is C37H63N3O9. The van der Waals surface area contributed by atoms with E-state index in [-0.39, 0.29) is 31.3 Å². The van der Waals surface area contributed by atoms with Crippen LogP contribution in [0.5, 0.6) is 0 Å². The standard InChI is InChI=1S/C37H63N3O9/c1-9-29(42)27(4)34-30(47-34)24-36(5,45)15-10-11-25(2)33-26(3)12-13-31(37(6,46)16-14-28(41)23-32(43)49-33)48-35(44)40-21-19-39(20-22-40)18-17-38(7)8/h11-13,26,28-31,33,41-42,45-46H,9-10,14-24H2,1-8H3. The zero-order valence-electron chi connectivity index (χ0n) is 31.1. The van der Waals surface area contributed by atoms with Gasteiger partial charge in [-0.1, -0.05) is 26.0 Å². The first-order valence-electron chi connectivity index (χ1n) is 18.0. The fourth-order valence-electron chi connectivity index (χ4n) is 6.43. The number of allylic oxidation sites excluding steroid dienone is 1. The number of cyclic esters (lactones) is 1. The van der Waals surface area contributed by atoms with E-state index in [0.717, 1.165) is 43.1 Å². The van der Waals surface area contributed by atoms with E-state index in [9.17, 15) is 30.0 Å². The van der Waals surface area contributed by atoms with Gasteiger partial charge in [0.25, 0.3) is 0 Å². The van der Waals surface area contributed by atoms with Crippen molar-refractivity contribution >= 4 is 12.1 Å². The molecule has 0 aromatic rings. The lowest BCUT2D eigenvalue weighted by Crippen LogP contribution is -2.52. The molecule has 0 bridgehead atoms. The van der Waals surface area contributed by atoms with E-state index in [1.807, 2.05) is 47.9 Å². The van der Waals surface area contributed by atoms with Crippen LogP contribution in [0.25, 0.3) is 0 Å². The number of carbonyl (C=O) groups excluding carboxylic acids is 2. The van der Waals surface area contributed by atoms with Crippen molar-refractivity contribution in [1.82, 2.24) is 14.7 Å². The van der Waals surface area contributed by atoms with Gasteiger partial charge in [-0.25, -0.2) is 4.79 Å². The number of ether oxygens (including phenoxy) is 3. The van der Waals surface area contributed by atoms with Gasteiger partial charge in [-0.05, 0) is 91.1 Å². The number of hydrogen-bond acceptors (Lipinski definition) is 11. The maximum absolute atomic E-state index is 13.3. The minimum absolute atomic E-state index is 0.112. The number of hydrogen-bond donors (Lipinski definition) is 4. The first kappa shape index (κ1) is 40.9. The quantitative estimate of drug-likeness (QED) is 0.135. The van der Waals surface area contributed by atoms with Crippen molar-refractivity contribution in [3.63, 3.8) is 0 Å². The number of carbonyl (C=O) groups is 2. The van der Waals surface area contributed by atoms with Gasteiger partial charge in [0, 0.05) is 51.6 Å². The normalized spacial score (nSPS) is 31.9. The molecule has 2 fully saturated rings. The van der Waals surface area contributed by atoms with E-state index in [4.69, 9.17) is 14.2 Å². The van der Waals surface area contributed by atoms with Gasteiger partial charge in [-0.3, -0.25) is 9.69 Å². The molecular weight excluding hydrogens is 630 g/mol. The average Bonchev–Trinajstić information content (AvgIpc) is 3.80. The van der Waals surface area contributed by atoms with Crippen LogP contribution in [0.1, 0.15) is 86.5 Å². The van der Waals surface area contributed by atoms with Crippen LogP contribution in [0.3, 0.4) is 0 Å². The zero-order chi connectivity index (χ0) is 36.5. The summed E-state index contributed by atoms with van der Waals surface area (Å²) in [7, 11) is 4.07. The second kappa shape index (κ2) is 18.1. The lowest BCUT2D eigenvalue weighted by atomic mass is 9.88. The molecule has 8 atom stereocenters. The number of aliphatic hydroxyl groups excluding tert-OH is 2. The maximum atomic E-state index is 13.3. The Labute approximate surface area is 293 Å². The number of epoxide rings is 1. The van der Waals surface area contributed by atoms with Crippen molar-refractivity contribution in [3.8, 4) is 0 Å². The average molecular weight is 694 g/mol. The minimum atomic E-state index is -1.48. The fraction of sp³-hybridized carbons (Fsp3) is 0.784. The van der Waals surface area contributed by atoms with Crippen molar-refractivity contribution in [2.24, 2.45) is 5.92 Å². The molecule has 8 unspecified atom stereocenters. The van der Waals surface area contributed by atoms with Crippen molar-refractivity contribution in [2.75, 3.05) is 53.4 Å². The molecule has 0 saturated carbocycles. The Bertz CT molecular complexity index is 1190. The van der Waals surface area contributed by atoms with E-state index in [1.165, 1.54) is 0 Å². The van der Waals surface area contributed by atoms with Crippen LogP contribution < -0.4 is 0 Å². The molecule has 0 spiro atoms. The third-order valence-electron chi connectivity index (χ3n) is 10.0. The number of likely N-dealkylation sites (N-methyl/N-ethyl adjacent to an activating group) is 1. The summed E-state index contributed by atoms with van der Waals surface area (Å²) >= 11 is 0. The monoisotopic (exact) mass is 693 g/mol. The van der Waals surface area contributed by atoms with E-state index < -0.39 is 47.7 Å². The lowest BCUT2D eigenvalue weighted by molar-refractivity contribution is -0.151. The molecule has 3 aliphatic rings. The minimum Gasteiger partial charge on any atom is -0.483 e. The highest BCUT2D eigenvalue weighted by atomic mass is 16.6. The van der Waals surface area contributed by atoms with Crippen LogP contribution >= 0.6 is 0 Å². The number of rotatable bonds is 12. The Balaban J connectivity index is 1.69. The van der Waals surface area contributed by atoms with Gasteiger partial charge in [0.15, 0.2) is 12.2 Å². The van der Waals surface area contributed by atoms with Crippen molar-refractivity contribution < 1.29 is 44.2 Å². The van der Waals surface area contributed by atoms with Gasteiger partial charge in [0.1, 0.15) is 17.5 Å². The van der Waals surface area contributed by atoms with Crippen molar-refractivity contribution in [1.29, 1.82) is 0 Å². The highest BCUT2D eigenvalue weighted by molar-refractivity contribution is 5.70. The predicted octanol–water partition coefficient (Wildman–Crippen LogP) is 3.38. The molecule has 3 aliphatic heterocycles. The van der Waals surface area contributed by atoms with Gasteiger partial charge >= 0.3 is 12.1 Å². The molecule has 0 aromatic heterocycles. The first-order valence-corrected chi connectivity index (χ1v) is 18.0. The van der Waals surface area contributed by atoms with Crippen molar-refractivity contribution in [3.05, 3.63) is 35.1 Å². The Morgan fingerprint density at radius 3 is 2.51 bits per heavy atom. The molecule has 3 rings (SSSR count). The predicted molar refractivity (Wildman–Crippen MR) is 188 cm³/mol. The van der Waals surface area contributed by atoms with Gasteiger partial charge in [-0.2, -0.15) is 0 Å². The summed E-state index contributed by atoms with van der Waals surface area (Å²) in [5.74, 6) is -0.138. The summed E-state index contributed by atoms with van der Waals surface area (Å²) in [5, 5.41) is 43.3. The fourth-order valence-corrected chi connectivity index (χ4v) is 6.43. The third-order valence-corrected chi connectivity index (χ3v) is 10.0. The number of nitrogens with zero attached hydrogens (tertiary/aromatic N) is 3. The molecule has 12 heteroatoms. The van der Waals surface area contributed by atoms with E-state index in [2.05, 4.69) is 9.80 Å². The van der Waals surface area contributed by atoms with Gasteiger partial charge in [0.05, 0.1) is 24.2 Å². The topological polar surface area (TPSA) is 156 Å². The highest BCUT2D eigenvalue weighted by Gasteiger charge is 2.41. The van der Waals surface area contributed by atoms with Gasteiger partial charge in [-0.15, -0.1) is 0 Å². The smallest absolute Gasteiger partial charge is 0.410 e. The molecule has 3 heterocycles. The van der Waals surface area contributed by atoms with Crippen LogP contribution in [0.15, 0.2) is 35.1 Å². The Kier molecular flexibility index (Phi) is 15.2. The summed E-state index contributed by atoms with van der Waals surface area (Å²) in [4.78, 5) is 32.3. The molecule has 280 valence electrons. The largest absolute Gasteiger partial charge is 0.483 e. The molecule has 2 saturated heterocycles. The lowest BCUT2D eigenvalue weighted by Gasteiger charge is -2.37. The van der Waals surface area contributed by atoms with E-state index in [1.54, 1.807) is 30.9 Å². The molecule has 0 aromatic carbocycles. The molecule has 0 radical (unpaired) electrons. The van der Waals surface area contributed by atoms with Crippen LogP contribution in [-0.2, 0) is 19.0 Å².